The number of aliphatic hydroxyl groups is 3. The fourth-order valence-corrected chi connectivity index (χ4v) is 4.39. The molecular weight excluding hydrogens is 365 g/mol. The second-order valence-electron chi connectivity index (χ2n) is 4.95. The molecule has 1 rings (SSSR count). The van der Waals surface area contributed by atoms with Crippen molar-refractivity contribution in [3.63, 3.8) is 0 Å². The van der Waals surface area contributed by atoms with Crippen LogP contribution in [0.4, 0.5) is 0 Å². The van der Waals surface area contributed by atoms with Crippen LogP contribution in [0, 0.1) is 0 Å². The highest BCUT2D eigenvalue weighted by atomic mass is 32.7. The summed E-state index contributed by atoms with van der Waals surface area (Å²) in [5, 5.41) is 31.6. The maximum absolute atomic E-state index is 11.9. The van der Waals surface area contributed by atoms with Crippen molar-refractivity contribution in [3.8, 4) is 0 Å². The maximum atomic E-state index is 11.9. The van der Waals surface area contributed by atoms with E-state index >= 15 is 0 Å². The summed E-state index contributed by atoms with van der Waals surface area (Å²) >= 11 is 0.917. The van der Waals surface area contributed by atoms with Gasteiger partial charge in [-0.3, -0.25) is 4.79 Å². The number of hydrogen-bond acceptors (Lipinski definition) is 10. The predicted molar refractivity (Wildman–Crippen MR) is 85.4 cm³/mol. The molecule has 5 unspecified atom stereocenters. The summed E-state index contributed by atoms with van der Waals surface area (Å²) in [4.78, 5) is 11.3. The van der Waals surface area contributed by atoms with Crippen LogP contribution in [0.25, 0.3) is 0 Å². The van der Waals surface area contributed by atoms with E-state index in [1.165, 1.54) is 21.1 Å². The van der Waals surface area contributed by atoms with Crippen LogP contribution < -0.4 is 5.32 Å². The Morgan fingerprint density at radius 3 is 2.42 bits per heavy atom. The van der Waals surface area contributed by atoms with E-state index < -0.39 is 50.0 Å². The van der Waals surface area contributed by atoms with Gasteiger partial charge in [-0.05, 0) is 11.4 Å². The summed E-state index contributed by atoms with van der Waals surface area (Å²) in [6.07, 6.45) is -4.88. The average molecular weight is 389 g/mol. The van der Waals surface area contributed by atoms with Crippen LogP contribution in [0.2, 0.25) is 0 Å². The minimum Gasteiger partial charge on any atom is -0.394 e. The molecule has 4 N–H and O–H groups in total. The van der Waals surface area contributed by atoms with Crippen LogP contribution in [0.5, 0.6) is 0 Å². The molecule has 0 aromatic heterocycles. The summed E-state index contributed by atoms with van der Waals surface area (Å²) in [7, 11) is 2.53. The van der Waals surface area contributed by atoms with Crippen molar-refractivity contribution in [2.45, 2.75) is 37.6 Å². The van der Waals surface area contributed by atoms with E-state index in [-0.39, 0.29) is 12.4 Å². The number of hydrogen-bond donors (Lipinski definition) is 4. The second kappa shape index (κ2) is 10.0. The van der Waals surface area contributed by atoms with Crippen molar-refractivity contribution in [3.05, 3.63) is 0 Å². The first-order valence-electron chi connectivity index (χ1n) is 7.15. The molecule has 1 heterocycles. The molecule has 0 saturated carbocycles. The minimum atomic E-state index is -3.23. The van der Waals surface area contributed by atoms with Crippen molar-refractivity contribution in [1.29, 1.82) is 0 Å². The number of rotatable bonds is 9. The second-order valence-corrected chi connectivity index (χ2v) is 9.36. The Morgan fingerprint density at radius 2 is 1.92 bits per heavy atom. The van der Waals surface area contributed by atoms with Crippen molar-refractivity contribution in [2.75, 3.05) is 33.2 Å². The zero-order valence-corrected chi connectivity index (χ0v) is 15.4. The fraction of sp³-hybridized carbons (Fsp3) is 0.917. The van der Waals surface area contributed by atoms with Crippen molar-refractivity contribution in [2.24, 2.45) is 0 Å². The summed E-state index contributed by atoms with van der Waals surface area (Å²) in [6.45, 7) is -2.47. The van der Waals surface area contributed by atoms with Gasteiger partial charge in [0, 0.05) is 26.9 Å². The minimum absolute atomic E-state index is 0.0447. The Kier molecular flexibility index (Phi) is 9.13. The third-order valence-corrected chi connectivity index (χ3v) is 7.26. The number of aliphatic hydroxyl groups excluding tert-OH is 3. The van der Waals surface area contributed by atoms with Crippen LogP contribution in [-0.4, -0.2) is 85.1 Å². The SMILES string of the molecule is COP(=O)(OC)SCCOC1OC(CO)C(O)C(O)C1NC(C)=O. The Hall–Kier alpha value is -0.230. The van der Waals surface area contributed by atoms with Crippen LogP contribution >= 0.6 is 18.2 Å². The third kappa shape index (κ3) is 5.94. The van der Waals surface area contributed by atoms with E-state index in [1.807, 2.05) is 0 Å². The van der Waals surface area contributed by atoms with Gasteiger partial charge in [0.15, 0.2) is 6.29 Å². The lowest BCUT2D eigenvalue weighted by molar-refractivity contribution is -0.268. The van der Waals surface area contributed by atoms with E-state index in [9.17, 15) is 24.7 Å². The number of carbonyl (C=O) groups is 1. The highest BCUT2D eigenvalue weighted by Crippen LogP contribution is 2.59. The molecule has 1 amide bonds. The average Bonchev–Trinajstić information content (AvgIpc) is 2.56. The van der Waals surface area contributed by atoms with Crippen molar-refractivity contribution in [1.82, 2.24) is 5.32 Å². The zero-order valence-electron chi connectivity index (χ0n) is 13.7. The number of ether oxygens (including phenoxy) is 2. The van der Waals surface area contributed by atoms with Gasteiger partial charge in [-0.25, -0.2) is 4.57 Å². The Balaban J connectivity index is 2.63. The number of nitrogens with one attached hydrogen (secondary N) is 1. The van der Waals surface area contributed by atoms with E-state index in [0.29, 0.717) is 0 Å². The topological polar surface area (TPSA) is 144 Å². The number of carbonyl (C=O) groups excluding carboxylic acids is 1. The monoisotopic (exact) mass is 389 g/mol. The Bertz CT molecular complexity index is 446. The lowest BCUT2D eigenvalue weighted by Crippen LogP contribution is -2.64. The molecule has 12 heteroatoms. The number of amides is 1. The van der Waals surface area contributed by atoms with Crippen LogP contribution in [0.1, 0.15) is 6.92 Å². The first-order chi connectivity index (χ1) is 11.3. The Morgan fingerprint density at radius 1 is 1.29 bits per heavy atom. The van der Waals surface area contributed by atoms with E-state index in [4.69, 9.17) is 18.5 Å². The van der Waals surface area contributed by atoms with Gasteiger partial charge in [-0.1, -0.05) is 0 Å². The molecule has 0 aromatic rings. The highest BCUT2D eigenvalue weighted by molar-refractivity contribution is 8.55. The molecular formula is C12H24NO9PS. The third-order valence-electron chi connectivity index (χ3n) is 3.31. The summed E-state index contributed by atoms with van der Waals surface area (Å²) < 4.78 is 32.2. The van der Waals surface area contributed by atoms with Gasteiger partial charge in [0.05, 0.1) is 13.2 Å². The lowest BCUT2D eigenvalue weighted by atomic mass is 9.97. The van der Waals surface area contributed by atoms with Gasteiger partial charge in [-0.15, -0.1) is 0 Å². The fourth-order valence-electron chi connectivity index (χ4n) is 2.11. The molecule has 1 fully saturated rings. The molecule has 1 aliphatic heterocycles. The molecule has 0 spiro atoms. The normalized spacial score (nSPS) is 31.0. The molecule has 24 heavy (non-hydrogen) atoms. The molecule has 1 aliphatic rings. The van der Waals surface area contributed by atoms with E-state index in [2.05, 4.69) is 5.32 Å². The van der Waals surface area contributed by atoms with Crippen LogP contribution in [0.15, 0.2) is 0 Å². The largest absolute Gasteiger partial charge is 0.394 e. The van der Waals surface area contributed by atoms with E-state index in [0.717, 1.165) is 11.4 Å². The van der Waals surface area contributed by atoms with Crippen LogP contribution in [0.3, 0.4) is 0 Å². The summed E-state index contributed by atoms with van der Waals surface area (Å²) in [5.74, 6) is -0.211. The zero-order chi connectivity index (χ0) is 18.3. The molecule has 142 valence electrons. The van der Waals surface area contributed by atoms with Gasteiger partial charge in [-0.2, -0.15) is 0 Å². The molecule has 0 aromatic carbocycles. The van der Waals surface area contributed by atoms with Gasteiger partial charge in [0.25, 0.3) is 0 Å². The van der Waals surface area contributed by atoms with Gasteiger partial charge < -0.3 is 39.2 Å². The molecule has 10 nitrogen and oxygen atoms in total. The van der Waals surface area contributed by atoms with Crippen molar-refractivity contribution < 1.29 is 43.2 Å². The van der Waals surface area contributed by atoms with Gasteiger partial charge in [0.2, 0.25) is 5.91 Å². The van der Waals surface area contributed by atoms with Gasteiger partial charge >= 0.3 is 6.80 Å². The summed E-state index contributed by atoms with van der Waals surface area (Å²) in [5.41, 5.74) is 0. The molecule has 5 atom stereocenters. The molecule has 0 aliphatic carbocycles. The predicted octanol–water partition coefficient (Wildman–Crippen LogP) is -0.919. The van der Waals surface area contributed by atoms with Crippen LogP contribution in [-0.2, 0) is 27.9 Å². The lowest BCUT2D eigenvalue weighted by Gasteiger charge is -2.42. The molecule has 0 bridgehead atoms. The van der Waals surface area contributed by atoms with Gasteiger partial charge in [0.1, 0.15) is 24.4 Å². The first kappa shape index (κ1) is 21.8. The molecule has 0 radical (unpaired) electrons. The first-order valence-corrected chi connectivity index (χ1v) is 10.3. The summed E-state index contributed by atoms with van der Waals surface area (Å²) in [6, 6.07) is -1.01. The van der Waals surface area contributed by atoms with Crippen molar-refractivity contribution >= 4 is 24.1 Å². The Labute approximate surface area is 144 Å². The smallest absolute Gasteiger partial charge is 0.388 e. The maximum Gasteiger partial charge on any atom is 0.388 e. The molecule has 1 saturated heterocycles. The highest BCUT2D eigenvalue weighted by Gasteiger charge is 2.45. The quantitative estimate of drug-likeness (QED) is 0.289. The standard InChI is InChI=1S/C12H24NO9PS/c1-7(15)13-9-11(17)10(16)8(6-14)22-12(9)21-4-5-24-23(18,19-2)20-3/h8-12,14,16-17H,4-6H2,1-3H3,(H,13,15). The van der Waals surface area contributed by atoms with E-state index in [1.54, 1.807) is 0 Å².